The molecular weight excluding hydrogens is 332 g/mol. The molecule has 0 aromatic carbocycles. The van der Waals surface area contributed by atoms with Crippen molar-refractivity contribution in [3.63, 3.8) is 0 Å². The zero-order chi connectivity index (χ0) is 18.4. The van der Waals surface area contributed by atoms with E-state index >= 15 is 0 Å². The molecular formula is C19H22N4O3. The summed E-state index contributed by atoms with van der Waals surface area (Å²) >= 11 is 0. The van der Waals surface area contributed by atoms with Gasteiger partial charge in [-0.15, -0.1) is 0 Å². The molecule has 1 amide bonds. The molecule has 3 heterocycles. The van der Waals surface area contributed by atoms with Crippen LogP contribution in [0.15, 0.2) is 15.0 Å². The first kappa shape index (κ1) is 16.8. The number of hydrogen-bond acceptors (Lipinski definition) is 6. The summed E-state index contributed by atoms with van der Waals surface area (Å²) in [6.07, 6.45) is 2.19. The topological polar surface area (TPSA) is 94.1 Å². The van der Waals surface area contributed by atoms with Crippen LogP contribution < -0.4 is 5.32 Å². The number of hydrogen-bond donors (Lipinski definition) is 1. The van der Waals surface area contributed by atoms with Gasteiger partial charge in [0.2, 0.25) is 5.89 Å². The molecule has 7 nitrogen and oxygen atoms in total. The number of nitrogens with zero attached hydrogens (tertiary/aromatic N) is 3. The van der Waals surface area contributed by atoms with E-state index in [0.717, 1.165) is 35.7 Å². The van der Waals surface area contributed by atoms with Crippen molar-refractivity contribution in [2.24, 2.45) is 0 Å². The molecule has 1 fully saturated rings. The molecule has 0 bridgehead atoms. The van der Waals surface area contributed by atoms with Gasteiger partial charge < -0.3 is 14.3 Å². The SMILES string of the molecule is Cc1nc(CNC(=O)c2cc(C3CC3)nc3onc(C(C)C)c23)oc1C. The minimum absolute atomic E-state index is 0.133. The van der Waals surface area contributed by atoms with E-state index in [4.69, 9.17) is 8.94 Å². The first-order valence-corrected chi connectivity index (χ1v) is 8.95. The van der Waals surface area contributed by atoms with Crippen molar-refractivity contribution < 1.29 is 13.7 Å². The standard InChI is InChI=1S/C19H22N4O3/c1-9(2)17-16-13(7-14(12-5-6-12)22-19(16)26-23-17)18(24)20-8-15-21-10(3)11(4)25-15/h7,9,12H,5-6,8H2,1-4H3,(H,20,24). The summed E-state index contributed by atoms with van der Waals surface area (Å²) in [5.74, 6) is 1.61. The molecule has 0 saturated heterocycles. The monoisotopic (exact) mass is 354 g/mol. The Kier molecular flexibility index (Phi) is 4.01. The summed E-state index contributed by atoms with van der Waals surface area (Å²) < 4.78 is 11.0. The van der Waals surface area contributed by atoms with Gasteiger partial charge in [-0.25, -0.2) is 9.97 Å². The molecule has 26 heavy (non-hydrogen) atoms. The number of aryl methyl sites for hydroxylation is 2. The van der Waals surface area contributed by atoms with Crippen LogP contribution in [0.4, 0.5) is 0 Å². The van der Waals surface area contributed by atoms with Gasteiger partial charge in [-0.05, 0) is 38.7 Å². The van der Waals surface area contributed by atoms with Gasteiger partial charge in [-0.3, -0.25) is 4.79 Å². The number of carbonyl (C=O) groups excluding carboxylic acids is 1. The molecule has 0 unspecified atom stereocenters. The van der Waals surface area contributed by atoms with Gasteiger partial charge in [0.1, 0.15) is 5.76 Å². The van der Waals surface area contributed by atoms with Crippen molar-refractivity contribution in [1.82, 2.24) is 20.4 Å². The van der Waals surface area contributed by atoms with E-state index in [9.17, 15) is 4.79 Å². The first-order chi connectivity index (χ1) is 12.4. The van der Waals surface area contributed by atoms with Crippen molar-refractivity contribution in [1.29, 1.82) is 0 Å². The Bertz CT molecular complexity index is 963. The lowest BCUT2D eigenvalue weighted by atomic mass is 10.0. The minimum atomic E-state index is -0.196. The highest BCUT2D eigenvalue weighted by molar-refractivity contribution is 6.06. The molecule has 3 aromatic heterocycles. The number of oxazole rings is 1. The number of pyridine rings is 1. The van der Waals surface area contributed by atoms with E-state index in [-0.39, 0.29) is 18.4 Å². The number of aromatic nitrogens is 3. The summed E-state index contributed by atoms with van der Waals surface area (Å²) in [7, 11) is 0. The largest absolute Gasteiger partial charge is 0.444 e. The molecule has 0 spiro atoms. The van der Waals surface area contributed by atoms with Crippen LogP contribution in [0.1, 0.15) is 77.6 Å². The van der Waals surface area contributed by atoms with Crippen molar-refractivity contribution in [3.8, 4) is 0 Å². The fourth-order valence-corrected chi connectivity index (χ4v) is 3.02. The van der Waals surface area contributed by atoms with Crippen molar-refractivity contribution >= 4 is 17.0 Å². The van der Waals surface area contributed by atoms with E-state index in [0.29, 0.717) is 28.5 Å². The third-order valence-corrected chi connectivity index (χ3v) is 4.75. The zero-order valence-corrected chi connectivity index (χ0v) is 15.4. The van der Waals surface area contributed by atoms with E-state index in [2.05, 4.69) is 20.4 Å². The van der Waals surface area contributed by atoms with E-state index in [1.54, 1.807) is 0 Å². The molecule has 7 heteroatoms. The number of fused-ring (bicyclic) bond motifs is 1. The van der Waals surface area contributed by atoms with Crippen LogP contribution >= 0.6 is 0 Å². The maximum absolute atomic E-state index is 12.9. The predicted octanol–water partition coefficient (Wildman–Crippen LogP) is 3.76. The van der Waals surface area contributed by atoms with Gasteiger partial charge in [0.05, 0.1) is 28.9 Å². The lowest BCUT2D eigenvalue weighted by Gasteiger charge is -2.08. The van der Waals surface area contributed by atoms with E-state index in [1.165, 1.54) is 0 Å². The number of amides is 1. The Balaban J connectivity index is 1.68. The van der Waals surface area contributed by atoms with Gasteiger partial charge in [0.15, 0.2) is 0 Å². The Labute approximate surface area is 151 Å². The molecule has 4 rings (SSSR count). The normalized spacial score (nSPS) is 14.3. The summed E-state index contributed by atoms with van der Waals surface area (Å²) in [5, 5.41) is 7.74. The maximum Gasteiger partial charge on any atom is 0.259 e. The lowest BCUT2D eigenvalue weighted by molar-refractivity contribution is 0.0948. The summed E-state index contributed by atoms with van der Waals surface area (Å²) in [5.41, 5.74) is 3.48. The molecule has 136 valence electrons. The molecule has 1 aliphatic rings. The average Bonchev–Trinajstić information content (AvgIpc) is 3.28. The van der Waals surface area contributed by atoms with E-state index < -0.39 is 0 Å². The molecule has 3 aromatic rings. The predicted molar refractivity (Wildman–Crippen MR) is 95.0 cm³/mol. The highest BCUT2D eigenvalue weighted by Crippen LogP contribution is 2.41. The molecule has 1 N–H and O–H groups in total. The van der Waals surface area contributed by atoms with Crippen molar-refractivity contribution in [2.75, 3.05) is 0 Å². The summed E-state index contributed by atoms with van der Waals surface area (Å²) in [6.45, 7) is 8.01. The van der Waals surface area contributed by atoms with Crippen LogP contribution in [-0.4, -0.2) is 21.0 Å². The van der Waals surface area contributed by atoms with Gasteiger partial charge in [-0.2, -0.15) is 0 Å². The highest BCUT2D eigenvalue weighted by atomic mass is 16.5. The Morgan fingerprint density at radius 3 is 2.69 bits per heavy atom. The molecule has 0 atom stereocenters. The van der Waals surface area contributed by atoms with Crippen molar-refractivity contribution in [2.45, 2.75) is 58.9 Å². The Morgan fingerprint density at radius 1 is 1.31 bits per heavy atom. The van der Waals surface area contributed by atoms with Gasteiger partial charge in [0, 0.05) is 11.6 Å². The third kappa shape index (κ3) is 2.98. The highest BCUT2D eigenvalue weighted by Gasteiger charge is 2.29. The second-order valence-corrected chi connectivity index (χ2v) is 7.20. The van der Waals surface area contributed by atoms with Crippen LogP contribution in [-0.2, 0) is 6.54 Å². The Hall–Kier alpha value is -2.70. The molecule has 0 aliphatic heterocycles. The van der Waals surface area contributed by atoms with Crippen LogP contribution in [0.5, 0.6) is 0 Å². The minimum Gasteiger partial charge on any atom is -0.444 e. The van der Waals surface area contributed by atoms with Gasteiger partial charge in [0.25, 0.3) is 11.6 Å². The van der Waals surface area contributed by atoms with Gasteiger partial charge >= 0.3 is 0 Å². The number of nitrogens with one attached hydrogen (secondary N) is 1. The van der Waals surface area contributed by atoms with Gasteiger partial charge in [-0.1, -0.05) is 19.0 Å². The summed E-state index contributed by atoms with van der Waals surface area (Å²) in [6, 6.07) is 1.88. The number of rotatable bonds is 5. The number of carbonyl (C=O) groups is 1. The smallest absolute Gasteiger partial charge is 0.259 e. The second kappa shape index (κ2) is 6.23. The van der Waals surface area contributed by atoms with E-state index in [1.807, 2.05) is 33.8 Å². The Morgan fingerprint density at radius 2 is 2.08 bits per heavy atom. The van der Waals surface area contributed by atoms with Crippen molar-refractivity contribution in [3.05, 3.63) is 40.4 Å². The van der Waals surface area contributed by atoms with Crippen LogP contribution in [0, 0.1) is 13.8 Å². The van der Waals surface area contributed by atoms with Crippen LogP contribution in [0.25, 0.3) is 11.1 Å². The zero-order valence-electron chi connectivity index (χ0n) is 15.4. The average molecular weight is 354 g/mol. The fraction of sp³-hybridized carbons (Fsp3) is 0.474. The maximum atomic E-state index is 12.9. The molecule has 1 saturated carbocycles. The third-order valence-electron chi connectivity index (χ3n) is 4.75. The van der Waals surface area contributed by atoms with Crippen LogP contribution in [0.3, 0.4) is 0 Å². The molecule has 0 radical (unpaired) electrons. The first-order valence-electron chi connectivity index (χ1n) is 8.95. The quantitative estimate of drug-likeness (QED) is 0.750. The van der Waals surface area contributed by atoms with Crippen LogP contribution in [0.2, 0.25) is 0 Å². The fourth-order valence-electron chi connectivity index (χ4n) is 3.02. The lowest BCUT2D eigenvalue weighted by Crippen LogP contribution is -2.23. The second-order valence-electron chi connectivity index (χ2n) is 7.20. The summed E-state index contributed by atoms with van der Waals surface area (Å²) in [4.78, 5) is 21.8. The molecule has 1 aliphatic carbocycles.